The lowest BCUT2D eigenvalue weighted by Crippen LogP contribution is -2.43. The van der Waals surface area contributed by atoms with Crippen LogP contribution in [-0.2, 0) is 38.2 Å². The molecule has 0 aromatic rings. The predicted molar refractivity (Wildman–Crippen MR) is 109 cm³/mol. The first-order valence-corrected chi connectivity index (χ1v) is 10.4. The van der Waals surface area contributed by atoms with Crippen LogP contribution in [0.25, 0.3) is 0 Å². The van der Waals surface area contributed by atoms with Gasteiger partial charge in [0.1, 0.15) is 6.10 Å². The van der Waals surface area contributed by atoms with Gasteiger partial charge in [-0.25, -0.2) is 9.59 Å². The molecule has 0 radical (unpaired) electrons. The Balaban J connectivity index is 4.84. The molecule has 34 heavy (non-hydrogen) atoms. The first-order chi connectivity index (χ1) is 15.6. The molecular formula is C20H30O14. The molecule has 0 bridgehead atoms. The topological polar surface area (TPSA) is 242 Å². The fourth-order valence-corrected chi connectivity index (χ4v) is 2.87. The average molecular weight is 494 g/mol. The van der Waals surface area contributed by atoms with Gasteiger partial charge in [-0.2, -0.15) is 0 Å². The number of aliphatic hydroxyl groups is 2. The summed E-state index contributed by atoms with van der Waals surface area (Å²) in [5, 5.41) is 55.2. The Labute approximate surface area is 194 Å². The van der Waals surface area contributed by atoms with E-state index in [0.717, 1.165) is 6.42 Å². The number of hydrogen-bond donors (Lipinski definition) is 6. The van der Waals surface area contributed by atoms with Crippen LogP contribution in [0.4, 0.5) is 0 Å². The highest BCUT2D eigenvalue weighted by atomic mass is 16.5. The monoisotopic (exact) mass is 494 g/mol. The summed E-state index contributed by atoms with van der Waals surface area (Å²) in [6.07, 6.45) is -3.47. The first-order valence-electron chi connectivity index (χ1n) is 10.4. The minimum Gasteiger partial charge on any atom is -0.481 e. The maximum absolute atomic E-state index is 12.1. The molecule has 3 unspecified atom stereocenters. The van der Waals surface area contributed by atoms with Crippen molar-refractivity contribution in [1.82, 2.24) is 0 Å². The maximum atomic E-state index is 12.1. The van der Waals surface area contributed by atoms with Crippen LogP contribution >= 0.6 is 0 Å². The third-order valence-electron chi connectivity index (χ3n) is 4.67. The summed E-state index contributed by atoms with van der Waals surface area (Å²) in [4.78, 5) is 67.6. The molecule has 0 heterocycles. The van der Waals surface area contributed by atoms with E-state index in [9.17, 15) is 39.0 Å². The normalized spacial score (nSPS) is 15.3. The van der Waals surface area contributed by atoms with Crippen LogP contribution in [0.5, 0.6) is 0 Å². The van der Waals surface area contributed by atoms with Crippen LogP contribution in [0.15, 0.2) is 0 Å². The number of unbranched alkanes of at least 4 members (excludes halogenated alkanes) is 1. The van der Waals surface area contributed by atoms with E-state index < -0.39 is 78.8 Å². The minimum atomic E-state index is -2.84. The fourth-order valence-electron chi connectivity index (χ4n) is 2.87. The lowest BCUT2D eigenvalue weighted by molar-refractivity contribution is -0.174. The molecule has 194 valence electrons. The third-order valence-corrected chi connectivity index (χ3v) is 4.67. The Kier molecular flexibility index (Phi) is 12.7. The van der Waals surface area contributed by atoms with E-state index in [1.54, 1.807) is 0 Å². The van der Waals surface area contributed by atoms with Gasteiger partial charge >= 0.3 is 35.8 Å². The van der Waals surface area contributed by atoms with Gasteiger partial charge in [-0.05, 0) is 19.3 Å². The van der Waals surface area contributed by atoms with E-state index in [1.807, 2.05) is 6.92 Å². The Morgan fingerprint density at radius 1 is 0.706 bits per heavy atom. The van der Waals surface area contributed by atoms with Gasteiger partial charge in [-0.1, -0.05) is 19.8 Å². The van der Waals surface area contributed by atoms with E-state index in [2.05, 4.69) is 0 Å². The summed E-state index contributed by atoms with van der Waals surface area (Å²) in [7, 11) is 0. The quantitative estimate of drug-likeness (QED) is 0.106. The Morgan fingerprint density at radius 2 is 1.15 bits per heavy atom. The van der Waals surface area contributed by atoms with Gasteiger partial charge < -0.3 is 40.1 Å². The van der Waals surface area contributed by atoms with E-state index in [1.165, 1.54) is 0 Å². The van der Waals surface area contributed by atoms with E-state index >= 15 is 0 Å². The van der Waals surface area contributed by atoms with Crippen LogP contribution in [-0.4, -0.2) is 90.4 Å². The molecule has 3 atom stereocenters. The van der Waals surface area contributed by atoms with Gasteiger partial charge in [0, 0.05) is 0 Å². The Hall–Kier alpha value is -3.26. The van der Waals surface area contributed by atoms with Gasteiger partial charge in [0.25, 0.3) is 0 Å². The van der Waals surface area contributed by atoms with E-state index in [4.69, 9.17) is 29.9 Å². The molecule has 0 aliphatic rings. The lowest BCUT2D eigenvalue weighted by Gasteiger charge is -2.23. The molecule has 0 saturated heterocycles. The summed E-state index contributed by atoms with van der Waals surface area (Å²) in [6, 6.07) is 0. The Bertz CT molecular complexity index is 762. The molecule has 0 saturated carbocycles. The van der Waals surface area contributed by atoms with Crippen molar-refractivity contribution >= 4 is 35.8 Å². The average Bonchev–Trinajstić information content (AvgIpc) is 2.67. The van der Waals surface area contributed by atoms with E-state index in [0.29, 0.717) is 12.8 Å². The zero-order valence-corrected chi connectivity index (χ0v) is 18.6. The summed E-state index contributed by atoms with van der Waals surface area (Å²) in [5.74, 6) is -9.34. The Morgan fingerprint density at radius 3 is 1.56 bits per heavy atom. The number of carboxylic acids is 4. The van der Waals surface area contributed by atoms with Crippen molar-refractivity contribution in [3.8, 4) is 0 Å². The van der Waals surface area contributed by atoms with Gasteiger partial charge in [-0.15, -0.1) is 0 Å². The molecule has 0 aromatic heterocycles. The van der Waals surface area contributed by atoms with Crippen molar-refractivity contribution < 1.29 is 68.9 Å². The molecule has 0 aliphatic heterocycles. The predicted octanol–water partition coefficient (Wildman–Crippen LogP) is -0.227. The fraction of sp³-hybridized carbons (Fsp3) is 0.700. The number of carbonyl (C=O) groups excluding carboxylic acids is 2. The maximum Gasteiger partial charge on any atom is 0.336 e. The van der Waals surface area contributed by atoms with Crippen LogP contribution in [0.2, 0.25) is 0 Å². The van der Waals surface area contributed by atoms with Gasteiger partial charge in [0.05, 0.1) is 32.3 Å². The van der Waals surface area contributed by atoms with Gasteiger partial charge in [0.2, 0.25) is 0 Å². The number of hydrogen-bond acceptors (Lipinski definition) is 10. The van der Waals surface area contributed by atoms with Crippen molar-refractivity contribution in [1.29, 1.82) is 0 Å². The second kappa shape index (κ2) is 14.1. The smallest absolute Gasteiger partial charge is 0.336 e. The summed E-state index contributed by atoms with van der Waals surface area (Å²) in [5.41, 5.74) is -5.68. The molecule has 0 amide bonds. The number of carboxylic acid groups (broad SMARTS) is 4. The lowest BCUT2D eigenvalue weighted by atomic mass is 9.95. The van der Waals surface area contributed by atoms with Crippen LogP contribution in [0, 0.1) is 0 Å². The second-order valence-corrected chi connectivity index (χ2v) is 7.78. The van der Waals surface area contributed by atoms with Crippen molar-refractivity contribution in [2.45, 2.75) is 82.0 Å². The standard InChI is InChI=1S/C20H30O14/c1-2-3-5-12(34-16(26)11-20(32,18(29)30)9-14(23)24)6-4-7-33-15(25)10-19(31,17(27)28)8-13(21)22/h12,31-32H,2-11H2,1H3,(H,21,22)(H,23,24)(H,27,28)(H,29,30). The van der Waals surface area contributed by atoms with Crippen molar-refractivity contribution in [2.75, 3.05) is 6.61 Å². The zero-order valence-electron chi connectivity index (χ0n) is 18.6. The first kappa shape index (κ1) is 30.7. The van der Waals surface area contributed by atoms with Gasteiger partial charge in [0.15, 0.2) is 11.2 Å². The second-order valence-electron chi connectivity index (χ2n) is 7.78. The number of carbonyl (C=O) groups is 6. The molecule has 0 fully saturated rings. The third kappa shape index (κ3) is 11.6. The number of aliphatic carboxylic acids is 4. The largest absolute Gasteiger partial charge is 0.481 e. The summed E-state index contributed by atoms with van der Waals surface area (Å²) >= 11 is 0. The van der Waals surface area contributed by atoms with Crippen molar-refractivity contribution in [3.05, 3.63) is 0 Å². The van der Waals surface area contributed by atoms with Crippen molar-refractivity contribution in [2.24, 2.45) is 0 Å². The number of esters is 2. The highest BCUT2D eigenvalue weighted by molar-refractivity contribution is 5.89. The molecule has 0 aliphatic carbocycles. The molecule has 6 N–H and O–H groups in total. The molecule has 14 heteroatoms. The van der Waals surface area contributed by atoms with Crippen LogP contribution in [0.3, 0.4) is 0 Å². The summed E-state index contributed by atoms with van der Waals surface area (Å²) in [6.45, 7) is 1.58. The highest BCUT2D eigenvalue weighted by Crippen LogP contribution is 2.20. The zero-order chi connectivity index (χ0) is 26.5. The van der Waals surface area contributed by atoms with Crippen LogP contribution < -0.4 is 0 Å². The van der Waals surface area contributed by atoms with Crippen molar-refractivity contribution in [3.63, 3.8) is 0 Å². The number of ether oxygens (including phenoxy) is 2. The van der Waals surface area contributed by atoms with E-state index in [-0.39, 0.29) is 19.4 Å². The molecule has 0 aromatic carbocycles. The highest BCUT2D eigenvalue weighted by Gasteiger charge is 2.42. The van der Waals surface area contributed by atoms with Gasteiger partial charge in [-0.3, -0.25) is 19.2 Å². The molecular weight excluding hydrogens is 464 g/mol. The SMILES string of the molecule is CCCCC(CCCOC(=O)CC(O)(CC(=O)O)C(=O)O)OC(=O)CC(O)(CC(=O)O)C(=O)O. The summed E-state index contributed by atoms with van der Waals surface area (Å²) < 4.78 is 9.97. The molecule has 0 spiro atoms. The number of rotatable bonds is 18. The minimum absolute atomic E-state index is 0.107. The molecule has 0 rings (SSSR count). The molecule has 14 nitrogen and oxygen atoms in total. The van der Waals surface area contributed by atoms with Crippen LogP contribution in [0.1, 0.15) is 64.7 Å².